The minimum absolute atomic E-state index is 0.00844. The Balaban J connectivity index is 1.59. The fourth-order valence-corrected chi connectivity index (χ4v) is 4.30. The average molecular weight is 345 g/mol. The summed E-state index contributed by atoms with van der Waals surface area (Å²) in [6.07, 6.45) is 3.52. The number of hydrogen-bond donors (Lipinski definition) is 2. The van der Waals surface area contributed by atoms with Gasteiger partial charge in [0.15, 0.2) is 0 Å². The van der Waals surface area contributed by atoms with Gasteiger partial charge >= 0.3 is 6.03 Å². The summed E-state index contributed by atoms with van der Waals surface area (Å²) in [7, 11) is 1.76. The SMILES string of the molecule is C[C@H](CO)N(C)C(=O)N[C@@H]1CCC[C@H]2CN(Cc3ccccc3)C[C@H]21. The third-order valence-corrected chi connectivity index (χ3v) is 5.98. The van der Waals surface area contributed by atoms with Crippen molar-refractivity contribution >= 4 is 6.03 Å². The Bertz CT molecular complexity index is 565. The maximum Gasteiger partial charge on any atom is 0.317 e. The second-order valence-corrected chi connectivity index (χ2v) is 7.73. The van der Waals surface area contributed by atoms with Crippen LogP contribution in [0.4, 0.5) is 4.79 Å². The third-order valence-electron chi connectivity index (χ3n) is 5.98. The molecule has 1 aromatic rings. The van der Waals surface area contributed by atoms with Crippen LogP contribution in [0.5, 0.6) is 0 Å². The van der Waals surface area contributed by atoms with E-state index in [0.29, 0.717) is 11.8 Å². The van der Waals surface area contributed by atoms with Gasteiger partial charge in [-0.1, -0.05) is 36.8 Å². The molecular weight excluding hydrogens is 314 g/mol. The molecule has 5 nitrogen and oxygen atoms in total. The van der Waals surface area contributed by atoms with Gasteiger partial charge in [-0.25, -0.2) is 4.79 Å². The number of amides is 2. The number of hydrogen-bond acceptors (Lipinski definition) is 3. The fraction of sp³-hybridized carbons (Fsp3) is 0.650. The molecule has 3 rings (SSSR count). The van der Waals surface area contributed by atoms with E-state index in [-0.39, 0.29) is 24.7 Å². The molecule has 2 N–H and O–H groups in total. The Morgan fingerprint density at radius 3 is 2.80 bits per heavy atom. The van der Waals surface area contributed by atoms with Gasteiger partial charge in [0.25, 0.3) is 0 Å². The van der Waals surface area contributed by atoms with Gasteiger partial charge in [0, 0.05) is 32.7 Å². The monoisotopic (exact) mass is 345 g/mol. The van der Waals surface area contributed by atoms with Crippen LogP contribution in [0.1, 0.15) is 31.7 Å². The molecule has 0 radical (unpaired) electrons. The maximum atomic E-state index is 12.5. The van der Waals surface area contributed by atoms with Gasteiger partial charge < -0.3 is 15.3 Å². The van der Waals surface area contributed by atoms with Crippen molar-refractivity contribution in [2.24, 2.45) is 11.8 Å². The number of likely N-dealkylation sites (tertiary alicyclic amines) is 1. The molecule has 1 saturated heterocycles. The quantitative estimate of drug-likeness (QED) is 0.861. The number of nitrogens with one attached hydrogen (secondary N) is 1. The predicted octanol–water partition coefficient (Wildman–Crippen LogP) is 2.31. The molecule has 5 heteroatoms. The van der Waals surface area contributed by atoms with E-state index < -0.39 is 0 Å². The van der Waals surface area contributed by atoms with Crippen LogP contribution in [0.25, 0.3) is 0 Å². The summed E-state index contributed by atoms with van der Waals surface area (Å²) in [5.74, 6) is 1.22. The molecule has 1 saturated carbocycles. The first-order valence-corrected chi connectivity index (χ1v) is 9.49. The first-order valence-electron chi connectivity index (χ1n) is 9.49. The molecule has 138 valence electrons. The van der Waals surface area contributed by atoms with Gasteiger partial charge in [0.2, 0.25) is 0 Å². The van der Waals surface area contributed by atoms with Crippen molar-refractivity contribution in [1.29, 1.82) is 0 Å². The lowest BCUT2D eigenvalue weighted by molar-refractivity contribution is 0.144. The van der Waals surface area contributed by atoms with Crippen LogP contribution < -0.4 is 5.32 Å². The lowest BCUT2D eigenvalue weighted by atomic mass is 9.78. The van der Waals surface area contributed by atoms with E-state index >= 15 is 0 Å². The highest BCUT2D eigenvalue weighted by molar-refractivity contribution is 5.74. The standard InChI is InChI=1S/C20H31N3O2/c1-15(14-24)22(2)20(25)21-19-10-6-9-17-12-23(13-18(17)19)11-16-7-4-3-5-8-16/h3-5,7-8,15,17-19,24H,6,9-14H2,1-2H3,(H,21,25)/t15-,17+,18-,19-/m1/s1. The van der Waals surface area contributed by atoms with Gasteiger partial charge in [-0.3, -0.25) is 4.90 Å². The Hall–Kier alpha value is -1.59. The van der Waals surface area contributed by atoms with Crippen molar-refractivity contribution in [3.8, 4) is 0 Å². The smallest absolute Gasteiger partial charge is 0.317 e. The van der Waals surface area contributed by atoms with Gasteiger partial charge in [-0.05, 0) is 37.2 Å². The van der Waals surface area contributed by atoms with Crippen molar-refractivity contribution in [3.05, 3.63) is 35.9 Å². The molecule has 25 heavy (non-hydrogen) atoms. The van der Waals surface area contributed by atoms with E-state index in [9.17, 15) is 9.90 Å². The highest BCUT2D eigenvalue weighted by Gasteiger charge is 2.41. The number of likely N-dealkylation sites (N-methyl/N-ethyl adjacent to an activating group) is 1. The molecule has 1 aliphatic heterocycles. The molecule has 1 heterocycles. The molecule has 4 atom stereocenters. The van der Waals surface area contributed by atoms with Crippen LogP contribution in [0.2, 0.25) is 0 Å². The van der Waals surface area contributed by atoms with Crippen LogP contribution in [-0.4, -0.2) is 59.8 Å². The molecule has 0 bridgehead atoms. The van der Waals surface area contributed by atoms with Crippen molar-refractivity contribution in [1.82, 2.24) is 15.1 Å². The van der Waals surface area contributed by atoms with E-state index in [0.717, 1.165) is 26.1 Å². The average Bonchev–Trinajstić information content (AvgIpc) is 3.04. The molecule has 2 aliphatic rings. The number of carbonyl (C=O) groups excluding carboxylic acids is 1. The minimum Gasteiger partial charge on any atom is -0.394 e. The van der Waals surface area contributed by atoms with E-state index in [1.807, 2.05) is 6.92 Å². The lowest BCUT2D eigenvalue weighted by Crippen LogP contribution is -2.51. The highest BCUT2D eigenvalue weighted by Crippen LogP contribution is 2.37. The summed E-state index contributed by atoms with van der Waals surface area (Å²) in [4.78, 5) is 16.6. The van der Waals surface area contributed by atoms with Crippen LogP contribution in [0.3, 0.4) is 0 Å². The molecule has 2 fully saturated rings. The molecule has 0 aromatic heterocycles. The Morgan fingerprint density at radius 1 is 1.32 bits per heavy atom. The van der Waals surface area contributed by atoms with Crippen molar-refractivity contribution in [3.63, 3.8) is 0 Å². The van der Waals surface area contributed by atoms with Crippen LogP contribution in [-0.2, 0) is 6.54 Å². The number of benzene rings is 1. The highest BCUT2D eigenvalue weighted by atomic mass is 16.3. The van der Waals surface area contributed by atoms with Gasteiger partial charge in [-0.2, -0.15) is 0 Å². The summed E-state index contributed by atoms with van der Waals surface area (Å²) in [6.45, 7) is 5.04. The topological polar surface area (TPSA) is 55.8 Å². The number of nitrogens with zero attached hydrogens (tertiary/aromatic N) is 2. The normalized spacial score (nSPS) is 27.6. The van der Waals surface area contributed by atoms with Gasteiger partial charge in [-0.15, -0.1) is 0 Å². The Labute approximate surface area is 151 Å². The van der Waals surface area contributed by atoms with E-state index in [4.69, 9.17) is 0 Å². The molecule has 0 unspecified atom stereocenters. The van der Waals surface area contributed by atoms with E-state index in [1.54, 1.807) is 11.9 Å². The Morgan fingerprint density at radius 2 is 2.08 bits per heavy atom. The summed E-state index contributed by atoms with van der Waals surface area (Å²) in [6, 6.07) is 10.7. The van der Waals surface area contributed by atoms with Crippen LogP contribution >= 0.6 is 0 Å². The van der Waals surface area contributed by atoms with Crippen molar-refractivity contribution < 1.29 is 9.90 Å². The predicted molar refractivity (Wildman–Crippen MR) is 99.2 cm³/mol. The first kappa shape index (κ1) is 18.2. The Kier molecular flexibility index (Phi) is 5.97. The van der Waals surface area contributed by atoms with E-state index in [2.05, 4.69) is 40.5 Å². The maximum absolute atomic E-state index is 12.5. The van der Waals surface area contributed by atoms with E-state index in [1.165, 1.54) is 18.4 Å². The number of aliphatic hydroxyl groups excluding tert-OH is 1. The van der Waals surface area contributed by atoms with Crippen LogP contribution in [0, 0.1) is 11.8 Å². The summed E-state index contributed by atoms with van der Waals surface area (Å²) < 4.78 is 0. The van der Waals surface area contributed by atoms with Gasteiger partial charge in [0.1, 0.15) is 0 Å². The molecule has 0 spiro atoms. The summed E-state index contributed by atoms with van der Waals surface area (Å²) in [5, 5.41) is 12.5. The lowest BCUT2D eigenvalue weighted by Gasteiger charge is -2.35. The molecule has 1 aromatic carbocycles. The number of rotatable bonds is 5. The largest absolute Gasteiger partial charge is 0.394 e. The molecular formula is C20H31N3O2. The second-order valence-electron chi connectivity index (χ2n) is 7.73. The van der Waals surface area contributed by atoms with Crippen LogP contribution in [0.15, 0.2) is 30.3 Å². The number of carbonyl (C=O) groups is 1. The van der Waals surface area contributed by atoms with Crippen molar-refractivity contribution in [2.45, 2.75) is 44.8 Å². The van der Waals surface area contributed by atoms with Gasteiger partial charge in [0.05, 0.1) is 12.6 Å². The third kappa shape index (κ3) is 4.33. The van der Waals surface area contributed by atoms with Crippen molar-refractivity contribution in [2.75, 3.05) is 26.7 Å². The number of urea groups is 1. The fourth-order valence-electron chi connectivity index (χ4n) is 4.30. The number of aliphatic hydroxyl groups is 1. The minimum atomic E-state index is -0.155. The zero-order valence-electron chi connectivity index (χ0n) is 15.4. The second kappa shape index (κ2) is 8.19. The molecule has 2 amide bonds. The summed E-state index contributed by atoms with van der Waals surface area (Å²) in [5.41, 5.74) is 1.36. The first-order chi connectivity index (χ1) is 12.1. The zero-order valence-corrected chi connectivity index (χ0v) is 15.4. The summed E-state index contributed by atoms with van der Waals surface area (Å²) >= 11 is 0. The molecule has 1 aliphatic carbocycles. The zero-order chi connectivity index (χ0) is 17.8. The number of fused-ring (bicyclic) bond motifs is 1.